The second kappa shape index (κ2) is 65.3. The highest BCUT2D eigenvalue weighted by Gasteiger charge is 2.19. The number of ether oxygens (including phenoxy) is 3. The van der Waals surface area contributed by atoms with Crippen molar-refractivity contribution in [3.05, 3.63) is 122 Å². The zero-order valence-corrected chi connectivity index (χ0v) is 50.9. The molecule has 1 unspecified atom stereocenters. The third kappa shape index (κ3) is 62.7. The lowest BCUT2D eigenvalue weighted by Gasteiger charge is -2.18. The lowest BCUT2D eigenvalue weighted by Crippen LogP contribution is -2.30. The van der Waals surface area contributed by atoms with Gasteiger partial charge in [-0.1, -0.05) is 271 Å². The number of esters is 3. The molecule has 0 bridgehead atoms. The van der Waals surface area contributed by atoms with Gasteiger partial charge in [-0.25, -0.2) is 0 Å². The van der Waals surface area contributed by atoms with Crippen LogP contribution >= 0.6 is 0 Å². The fourth-order valence-electron chi connectivity index (χ4n) is 8.87. The summed E-state index contributed by atoms with van der Waals surface area (Å²) >= 11 is 0. The summed E-state index contributed by atoms with van der Waals surface area (Å²) in [6, 6.07) is 0. The highest BCUT2D eigenvalue weighted by atomic mass is 16.6. The lowest BCUT2D eigenvalue weighted by atomic mass is 10.0. The van der Waals surface area contributed by atoms with Crippen LogP contribution in [0.25, 0.3) is 0 Å². The molecule has 444 valence electrons. The van der Waals surface area contributed by atoms with Crippen molar-refractivity contribution in [1.82, 2.24) is 0 Å². The van der Waals surface area contributed by atoms with E-state index in [-0.39, 0.29) is 31.1 Å². The fourth-order valence-corrected chi connectivity index (χ4v) is 8.87. The van der Waals surface area contributed by atoms with Crippen molar-refractivity contribution in [3.63, 3.8) is 0 Å². The second-order valence-corrected chi connectivity index (χ2v) is 21.3. The quantitative estimate of drug-likeness (QED) is 0.0261. The molecule has 78 heavy (non-hydrogen) atoms. The summed E-state index contributed by atoms with van der Waals surface area (Å²) in [4.78, 5) is 38.3. The van der Waals surface area contributed by atoms with Gasteiger partial charge in [-0.2, -0.15) is 0 Å². The summed E-state index contributed by atoms with van der Waals surface area (Å²) < 4.78 is 16.9. The number of unbranched alkanes of at least 4 members (excludes halogenated alkanes) is 27. The summed E-state index contributed by atoms with van der Waals surface area (Å²) in [5.74, 6) is -0.904. The molecule has 0 aliphatic rings. The largest absolute Gasteiger partial charge is 0.462 e. The van der Waals surface area contributed by atoms with Crippen molar-refractivity contribution in [2.75, 3.05) is 13.2 Å². The van der Waals surface area contributed by atoms with Gasteiger partial charge in [-0.05, 0) is 128 Å². The minimum absolute atomic E-state index is 0.0875. The number of allylic oxidation sites excluding steroid dienone is 20. The third-order valence-electron chi connectivity index (χ3n) is 13.7. The van der Waals surface area contributed by atoms with Gasteiger partial charge in [-0.15, -0.1) is 0 Å². The molecule has 6 heteroatoms. The maximum absolute atomic E-state index is 12.9. The second-order valence-electron chi connectivity index (χ2n) is 21.3. The van der Waals surface area contributed by atoms with Gasteiger partial charge in [0.05, 0.1) is 0 Å². The molecule has 0 spiro atoms. The fraction of sp³-hybridized carbons (Fsp3) is 0.681. The molecule has 1 atom stereocenters. The molecule has 0 saturated heterocycles. The normalized spacial score (nSPS) is 12.9. The predicted octanol–water partition coefficient (Wildman–Crippen LogP) is 22.4. The Morgan fingerprint density at radius 2 is 0.500 bits per heavy atom. The molecule has 0 fully saturated rings. The van der Waals surface area contributed by atoms with Crippen LogP contribution in [0.2, 0.25) is 0 Å². The molecule has 0 aliphatic carbocycles. The molecule has 0 saturated carbocycles. The first-order chi connectivity index (χ1) is 38.5. The van der Waals surface area contributed by atoms with Gasteiger partial charge in [0.2, 0.25) is 0 Å². The summed E-state index contributed by atoms with van der Waals surface area (Å²) in [7, 11) is 0. The van der Waals surface area contributed by atoms with Crippen molar-refractivity contribution in [1.29, 1.82) is 0 Å². The maximum Gasteiger partial charge on any atom is 0.306 e. The van der Waals surface area contributed by atoms with Crippen LogP contribution in [0.15, 0.2) is 122 Å². The minimum atomic E-state index is -0.792. The Hall–Kier alpha value is -4.19. The molecule has 0 amide bonds. The molecule has 0 aromatic carbocycles. The van der Waals surface area contributed by atoms with E-state index in [2.05, 4.69) is 142 Å². The van der Waals surface area contributed by atoms with Crippen LogP contribution in [0.3, 0.4) is 0 Å². The number of carbonyl (C=O) groups excluding carboxylic acids is 3. The van der Waals surface area contributed by atoms with Gasteiger partial charge in [0.25, 0.3) is 0 Å². The molecule has 0 aromatic rings. The molecule has 0 heterocycles. The molecule has 0 radical (unpaired) electrons. The van der Waals surface area contributed by atoms with Crippen molar-refractivity contribution < 1.29 is 28.6 Å². The van der Waals surface area contributed by atoms with Gasteiger partial charge >= 0.3 is 17.9 Å². The van der Waals surface area contributed by atoms with Gasteiger partial charge in [0.15, 0.2) is 6.10 Å². The summed E-state index contributed by atoms with van der Waals surface area (Å²) in [6.45, 7) is 6.39. The number of hydrogen-bond acceptors (Lipinski definition) is 6. The zero-order valence-electron chi connectivity index (χ0n) is 50.9. The maximum atomic E-state index is 12.9. The SMILES string of the molecule is CC/C=C\C/C=C\C/C=C\C/C=C\C/C=C\CCCCCCCCCC(=O)OC(COC(=O)CCCCCCC/C=C\CCCCC)COC(=O)CCCCCCCCCCCCCC/C=C\C/C=C\C/C=C\C/C=C\CC. The van der Waals surface area contributed by atoms with E-state index < -0.39 is 6.10 Å². The first-order valence-electron chi connectivity index (χ1n) is 32.5. The van der Waals surface area contributed by atoms with Crippen molar-refractivity contribution in [2.45, 2.75) is 303 Å². The molecular formula is C72H120O6. The van der Waals surface area contributed by atoms with E-state index in [1.807, 2.05) is 0 Å². The van der Waals surface area contributed by atoms with Crippen LogP contribution < -0.4 is 0 Å². The third-order valence-corrected chi connectivity index (χ3v) is 13.7. The highest BCUT2D eigenvalue weighted by molar-refractivity contribution is 5.71. The van der Waals surface area contributed by atoms with Crippen LogP contribution in [0.4, 0.5) is 0 Å². The Bertz CT molecular complexity index is 1620. The first kappa shape index (κ1) is 73.8. The van der Waals surface area contributed by atoms with E-state index in [1.54, 1.807) is 0 Å². The molecule has 0 aromatic heterocycles. The van der Waals surface area contributed by atoms with E-state index in [1.165, 1.54) is 128 Å². The number of hydrogen-bond donors (Lipinski definition) is 0. The topological polar surface area (TPSA) is 78.9 Å². The molecule has 0 rings (SSSR count). The van der Waals surface area contributed by atoms with Gasteiger partial charge < -0.3 is 14.2 Å². The molecule has 6 nitrogen and oxygen atoms in total. The van der Waals surface area contributed by atoms with Crippen LogP contribution in [-0.4, -0.2) is 37.2 Å². The summed E-state index contributed by atoms with van der Waals surface area (Å²) in [6.07, 6.45) is 90.6. The number of carbonyl (C=O) groups is 3. The van der Waals surface area contributed by atoms with Crippen LogP contribution in [0, 0.1) is 0 Å². The van der Waals surface area contributed by atoms with Crippen LogP contribution in [-0.2, 0) is 28.6 Å². The standard InChI is InChI=1S/C72H120O6/c1-4-7-10-13-16-19-22-25-27-29-31-33-35-36-38-39-41-43-45-47-50-53-56-59-62-65-71(74)77-68-69(67-76-70(73)64-61-58-55-52-49-24-21-18-15-12-9-6-3)78-72(75)66-63-60-57-54-51-48-46-44-42-40-37-34-32-30-28-26-23-20-17-14-11-8-5-2/h7-8,10-11,16-21,25-28,31-34,40,42,69H,4-6,9,12-15,22-24,29-30,35-39,41,43-68H2,1-3H3/b10-7-,11-8-,19-16-,20-17-,21-18-,27-25-,28-26-,33-31-,34-32-,42-40-. The van der Waals surface area contributed by atoms with Crippen LogP contribution in [0.5, 0.6) is 0 Å². The van der Waals surface area contributed by atoms with Gasteiger partial charge in [0, 0.05) is 19.3 Å². The van der Waals surface area contributed by atoms with Crippen molar-refractivity contribution in [2.24, 2.45) is 0 Å². The Balaban J connectivity index is 4.33. The Morgan fingerprint density at radius 1 is 0.269 bits per heavy atom. The van der Waals surface area contributed by atoms with Crippen LogP contribution in [0.1, 0.15) is 297 Å². The smallest absolute Gasteiger partial charge is 0.306 e. The van der Waals surface area contributed by atoms with E-state index in [4.69, 9.17) is 14.2 Å². The van der Waals surface area contributed by atoms with Gasteiger partial charge in [0.1, 0.15) is 13.2 Å². The van der Waals surface area contributed by atoms with Gasteiger partial charge in [-0.3, -0.25) is 14.4 Å². The predicted molar refractivity (Wildman–Crippen MR) is 339 cm³/mol. The minimum Gasteiger partial charge on any atom is -0.462 e. The van der Waals surface area contributed by atoms with E-state index in [0.717, 1.165) is 128 Å². The summed E-state index contributed by atoms with van der Waals surface area (Å²) in [5.41, 5.74) is 0. The first-order valence-corrected chi connectivity index (χ1v) is 32.5. The molecular weight excluding hydrogens is 961 g/mol. The average Bonchev–Trinajstić information content (AvgIpc) is 3.44. The average molecular weight is 1080 g/mol. The van der Waals surface area contributed by atoms with E-state index in [0.29, 0.717) is 19.3 Å². The Labute approximate surface area is 482 Å². The Kier molecular flexibility index (Phi) is 61.8. The van der Waals surface area contributed by atoms with E-state index >= 15 is 0 Å². The van der Waals surface area contributed by atoms with Crippen molar-refractivity contribution >= 4 is 17.9 Å². The lowest BCUT2D eigenvalue weighted by molar-refractivity contribution is -0.167. The number of rotatable bonds is 58. The summed E-state index contributed by atoms with van der Waals surface area (Å²) in [5, 5.41) is 0. The highest BCUT2D eigenvalue weighted by Crippen LogP contribution is 2.16. The van der Waals surface area contributed by atoms with E-state index in [9.17, 15) is 14.4 Å². The molecule has 0 N–H and O–H groups in total. The zero-order chi connectivity index (χ0) is 56.4. The monoisotopic (exact) mass is 1080 g/mol. The van der Waals surface area contributed by atoms with Crippen molar-refractivity contribution in [3.8, 4) is 0 Å². The Morgan fingerprint density at radius 3 is 0.795 bits per heavy atom. The molecule has 0 aliphatic heterocycles.